The van der Waals surface area contributed by atoms with Gasteiger partial charge in [-0.3, -0.25) is 0 Å². The minimum Gasteiger partial charge on any atom is -0.507 e. The van der Waals surface area contributed by atoms with Crippen LogP contribution in [0.4, 0.5) is 5.69 Å². The molecule has 0 radical (unpaired) electrons. The van der Waals surface area contributed by atoms with Crippen molar-refractivity contribution in [2.75, 3.05) is 24.6 Å². The molecule has 0 aliphatic carbocycles. The van der Waals surface area contributed by atoms with E-state index in [2.05, 4.69) is 4.90 Å². The molecular formula is C12H19NO3. The molecule has 4 nitrogen and oxygen atoms in total. The molecule has 4 heteroatoms. The molecule has 0 fully saturated rings. The number of phenols is 1. The first-order chi connectivity index (χ1) is 7.63. The highest BCUT2D eigenvalue weighted by Crippen LogP contribution is 2.28. The van der Waals surface area contributed by atoms with Gasteiger partial charge < -0.3 is 20.2 Å². The van der Waals surface area contributed by atoms with E-state index < -0.39 is 12.7 Å². The number of anilines is 1. The van der Waals surface area contributed by atoms with Gasteiger partial charge in [0.2, 0.25) is 0 Å². The lowest BCUT2D eigenvalue weighted by Crippen LogP contribution is -2.21. The number of aliphatic hydroxyl groups excluding tert-OH is 2. The van der Waals surface area contributed by atoms with Crippen LogP contribution in [0.1, 0.15) is 25.5 Å². The molecule has 0 saturated heterocycles. The van der Waals surface area contributed by atoms with Crippen LogP contribution in [-0.4, -0.2) is 35.0 Å². The first kappa shape index (κ1) is 12.8. The topological polar surface area (TPSA) is 63.9 Å². The fourth-order valence-corrected chi connectivity index (χ4v) is 1.70. The quantitative estimate of drug-likeness (QED) is 0.706. The van der Waals surface area contributed by atoms with Crippen LogP contribution < -0.4 is 4.90 Å². The normalized spacial score (nSPS) is 12.5. The van der Waals surface area contributed by atoms with Crippen molar-refractivity contribution in [1.82, 2.24) is 0 Å². The van der Waals surface area contributed by atoms with Crippen molar-refractivity contribution in [3.8, 4) is 5.75 Å². The minimum absolute atomic E-state index is 0.0194. The van der Waals surface area contributed by atoms with Crippen LogP contribution in [0.15, 0.2) is 18.2 Å². The summed E-state index contributed by atoms with van der Waals surface area (Å²) < 4.78 is 0. The molecule has 0 amide bonds. The molecule has 0 spiro atoms. The van der Waals surface area contributed by atoms with E-state index in [1.54, 1.807) is 12.1 Å². The summed E-state index contributed by atoms with van der Waals surface area (Å²) >= 11 is 0. The highest BCUT2D eigenvalue weighted by Gasteiger charge is 2.12. The van der Waals surface area contributed by atoms with Crippen LogP contribution >= 0.6 is 0 Å². The van der Waals surface area contributed by atoms with Gasteiger partial charge in [0.15, 0.2) is 0 Å². The molecule has 0 aromatic heterocycles. The van der Waals surface area contributed by atoms with Gasteiger partial charge in [0.25, 0.3) is 0 Å². The lowest BCUT2D eigenvalue weighted by molar-refractivity contribution is 0.0935. The Morgan fingerprint density at radius 3 is 2.31 bits per heavy atom. The van der Waals surface area contributed by atoms with E-state index in [0.29, 0.717) is 5.56 Å². The van der Waals surface area contributed by atoms with Gasteiger partial charge in [-0.25, -0.2) is 0 Å². The number of phenolic OH excluding ortho intramolecular Hbond substituents is 1. The fraction of sp³-hybridized carbons (Fsp3) is 0.500. The third-order valence-electron chi connectivity index (χ3n) is 2.67. The highest BCUT2D eigenvalue weighted by molar-refractivity contribution is 5.53. The Bertz CT molecular complexity index is 337. The van der Waals surface area contributed by atoms with Gasteiger partial charge in [-0.05, 0) is 19.9 Å². The molecule has 1 rings (SSSR count). The maximum Gasteiger partial charge on any atom is 0.123 e. The monoisotopic (exact) mass is 225 g/mol. The molecule has 1 aromatic rings. The van der Waals surface area contributed by atoms with Crippen molar-refractivity contribution < 1.29 is 15.3 Å². The zero-order valence-corrected chi connectivity index (χ0v) is 9.72. The van der Waals surface area contributed by atoms with Crippen LogP contribution in [0.5, 0.6) is 5.75 Å². The van der Waals surface area contributed by atoms with Crippen molar-refractivity contribution >= 4 is 5.69 Å². The standard InChI is InChI=1S/C12H19NO3/c1-3-13(4-2)9-5-6-10(11(15)7-9)12(16)8-14/h5-7,12,14-16H,3-4,8H2,1-2H3. The summed E-state index contributed by atoms with van der Waals surface area (Å²) in [7, 11) is 0. The highest BCUT2D eigenvalue weighted by atomic mass is 16.3. The van der Waals surface area contributed by atoms with E-state index in [4.69, 9.17) is 5.11 Å². The summed E-state index contributed by atoms with van der Waals surface area (Å²) in [6.45, 7) is 5.40. The molecule has 1 aromatic carbocycles. The molecule has 0 heterocycles. The summed E-state index contributed by atoms with van der Waals surface area (Å²) in [6, 6.07) is 5.09. The van der Waals surface area contributed by atoms with Crippen molar-refractivity contribution in [2.24, 2.45) is 0 Å². The van der Waals surface area contributed by atoms with E-state index in [1.807, 2.05) is 19.9 Å². The predicted octanol–water partition coefficient (Wildman–Crippen LogP) is 1.26. The summed E-state index contributed by atoms with van der Waals surface area (Å²) in [6.07, 6.45) is -1.02. The molecule has 16 heavy (non-hydrogen) atoms. The van der Waals surface area contributed by atoms with Gasteiger partial charge in [-0.15, -0.1) is 0 Å². The average molecular weight is 225 g/mol. The Morgan fingerprint density at radius 1 is 1.25 bits per heavy atom. The Hall–Kier alpha value is -1.26. The average Bonchev–Trinajstić information content (AvgIpc) is 2.30. The Labute approximate surface area is 95.8 Å². The second-order valence-corrected chi connectivity index (χ2v) is 3.61. The summed E-state index contributed by atoms with van der Waals surface area (Å²) in [5, 5.41) is 28.0. The molecule has 0 aliphatic rings. The van der Waals surface area contributed by atoms with Crippen molar-refractivity contribution in [2.45, 2.75) is 20.0 Å². The second-order valence-electron chi connectivity index (χ2n) is 3.61. The zero-order chi connectivity index (χ0) is 12.1. The Morgan fingerprint density at radius 2 is 1.88 bits per heavy atom. The number of rotatable bonds is 5. The first-order valence-corrected chi connectivity index (χ1v) is 5.50. The van der Waals surface area contributed by atoms with Gasteiger partial charge in [0.1, 0.15) is 11.9 Å². The van der Waals surface area contributed by atoms with Gasteiger partial charge in [-0.1, -0.05) is 6.07 Å². The van der Waals surface area contributed by atoms with Gasteiger partial charge in [-0.2, -0.15) is 0 Å². The van der Waals surface area contributed by atoms with Gasteiger partial charge >= 0.3 is 0 Å². The minimum atomic E-state index is -1.02. The summed E-state index contributed by atoms with van der Waals surface area (Å²) in [4.78, 5) is 2.09. The van der Waals surface area contributed by atoms with Crippen LogP contribution in [0, 0.1) is 0 Å². The molecule has 0 aliphatic heterocycles. The van der Waals surface area contributed by atoms with E-state index in [1.165, 1.54) is 0 Å². The smallest absolute Gasteiger partial charge is 0.123 e. The lowest BCUT2D eigenvalue weighted by Gasteiger charge is -2.22. The predicted molar refractivity (Wildman–Crippen MR) is 63.7 cm³/mol. The van der Waals surface area contributed by atoms with Crippen molar-refractivity contribution in [1.29, 1.82) is 0 Å². The molecule has 1 unspecified atom stereocenters. The van der Waals surface area contributed by atoms with E-state index in [-0.39, 0.29) is 5.75 Å². The SMILES string of the molecule is CCN(CC)c1ccc(C(O)CO)c(O)c1. The largest absolute Gasteiger partial charge is 0.507 e. The van der Waals surface area contributed by atoms with Crippen molar-refractivity contribution in [3.05, 3.63) is 23.8 Å². The van der Waals surface area contributed by atoms with Crippen LogP contribution in [0.3, 0.4) is 0 Å². The second kappa shape index (κ2) is 5.72. The molecule has 1 atom stereocenters. The number of hydrogen-bond donors (Lipinski definition) is 3. The summed E-state index contributed by atoms with van der Waals surface area (Å²) in [5.41, 5.74) is 1.27. The molecule has 90 valence electrons. The Kier molecular flexibility index (Phi) is 4.58. The van der Waals surface area contributed by atoms with Crippen LogP contribution in [0.2, 0.25) is 0 Å². The fourth-order valence-electron chi connectivity index (χ4n) is 1.70. The van der Waals surface area contributed by atoms with Gasteiger partial charge in [0.05, 0.1) is 6.61 Å². The third kappa shape index (κ3) is 2.65. The molecule has 3 N–H and O–H groups in total. The molecular weight excluding hydrogens is 206 g/mol. The number of hydrogen-bond acceptors (Lipinski definition) is 4. The Balaban J connectivity index is 2.98. The lowest BCUT2D eigenvalue weighted by atomic mass is 10.1. The maximum atomic E-state index is 9.74. The number of aromatic hydroxyl groups is 1. The van der Waals surface area contributed by atoms with Crippen LogP contribution in [-0.2, 0) is 0 Å². The number of benzene rings is 1. The molecule has 0 saturated carbocycles. The number of nitrogens with zero attached hydrogens (tertiary/aromatic N) is 1. The maximum absolute atomic E-state index is 9.74. The summed E-state index contributed by atoms with van der Waals surface area (Å²) in [5.74, 6) is 0.0194. The number of aliphatic hydroxyl groups is 2. The van der Waals surface area contributed by atoms with E-state index in [9.17, 15) is 10.2 Å². The zero-order valence-electron chi connectivity index (χ0n) is 9.72. The third-order valence-corrected chi connectivity index (χ3v) is 2.67. The van der Waals surface area contributed by atoms with Crippen LogP contribution in [0.25, 0.3) is 0 Å². The molecule has 0 bridgehead atoms. The van der Waals surface area contributed by atoms with E-state index >= 15 is 0 Å². The van der Waals surface area contributed by atoms with Gasteiger partial charge in [0, 0.05) is 30.4 Å². The first-order valence-electron chi connectivity index (χ1n) is 5.50. The van der Waals surface area contributed by atoms with Crippen molar-refractivity contribution in [3.63, 3.8) is 0 Å². The van der Waals surface area contributed by atoms with E-state index in [0.717, 1.165) is 18.8 Å².